The minimum Gasteiger partial charge on any atom is -0.463 e. The van der Waals surface area contributed by atoms with Gasteiger partial charge in [-0.3, -0.25) is 4.79 Å². The molecule has 0 aliphatic rings. The molecule has 0 heterocycles. The lowest BCUT2D eigenvalue weighted by molar-refractivity contribution is -0.145. The fourth-order valence-corrected chi connectivity index (χ4v) is 4.38. The van der Waals surface area contributed by atoms with Gasteiger partial charge in [-0.1, -0.05) is 96.8 Å². The van der Waals surface area contributed by atoms with Gasteiger partial charge in [-0.15, -0.1) is 0 Å². The quantitative estimate of drug-likeness (QED) is 0.0575. The van der Waals surface area contributed by atoms with Crippen molar-refractivity contribution in [3.05, 3.63) is 0 Å². The van der Waals surface area contributed by atoms with Crippen molar-refractivity contribution in [1.29, 1.82) is 0 Å². The summed E-state index contributed by atoms with van der Waals surface area (Å²) in [4.78, 5) is 13.9. The molecule has 0 spiro atoms. The Labute approximate surface area is 264 Å². The summed E-state index contributed by atoms with van der Waals surface area (Å²) in [6.07, 6.45) is 20.3. The molecule has 0 aromatic rings. The van der Waals surface area contributed by atoms with Gasteiger partial charge < -0.3 is 38.1 Å². The van der Waals surface area contributed by atoms with Crippen LogP contribution >= 0.6 is 0 Å². The van der Waals surface area contributed by atoms with Crippen LogP contribution in [0.2, 0.25) is 0 Å². The van der Waals surface area contributed by atoms with E-state index in [0.29, 0.717) is 85.7 Å². The van der Waals surface area contributed by atoms with Gasteiger partial charge in [0.2, 0.25) is 0 Å². The predicted molar refractivity (Wildman–Crippen MR) is 174 cm³/mol. The molecule has 0 fully saturated rings. The molecule has 0 amide bonds. The highest BCUT2D eigenvalue weighted by molar-refractivity contribution is 5.69. The highest BCUT2D eigenvalue weighted by atomic mass is 16.6. The monoisotopic (exact) mass is 620 g/mol. The van der Waals surface area contributed by atoms with Crippen molar-refractivity contribution >= 4 is 5.97 Å². The van der Waals surface area contributed by atoms with E-state index in [1.54, 1.807) is 0 Å². The van der Waals surface area contributed by atoms with Crippen LogP contribution in [0.5, 0.6) is 0 Å². The number of carbonyl (C=O) groups excluding carboxylic acids is 1. The number of unbranched alkanes of at least 4 members (excludes halogenated alkanes) is 14. The zero-order valence-electron chi connectivity index (χ0n) is 28.4. The molecule has 0 unspecified atom stereocenters. The maximum absolute atomic E-state index is 11.8. The molecule has 0 atom stereocenters. The van der Waals surface area contributed by atoms with Crippen molar-refractivity contribution in [1.82, 2.24) is 4.90 Å². The summed E-state index contributed by atoms with van der Waals surface area (Å²) < 4.78 is 38.0. The van der Waals surface area contributed by atoms with E-state index in [9.17, 15) is 4.79 Å². The van der Waals surface area contributed by atoms with Gasteiger partial charge in [-0.2, -0.15) is 0 Å². The van der Waals surface area contributed by atoms with Crippen LogP contribution in [0.15, 0.2) is 0 Å². The van der Waals surface area contributed by atoms with E-state index < -0.39 is 0 Å². The Kier molecular flexibility index (Phi) is 36.7. The van der Waals surface area contributed by atoms with Gasteiger partial charge in [-0.05, 0) is 20.5 Å². The SMILES string of the molecule is CCCCCCCCCCCCCCCCCC(=O)OCCOCCOCCOCCOCCOCCOCCN(C)C. The highest BCUT2D eigenvalue weighted by Gasteiger charge is 2.03. The van der Waals surface area contributed by atoms with E-state index in [1.165, 1.54) is 83.5 Å². The molecule has 0 N–H and O–H groups in total. The molecule has 0 bridgehead atoms. The largest absolute Gasteiger partial charge is 0.463 e. The molecule has 0 radical (unpaired) electrons. The van der Waals surface area contributed by atoms with Crippen LogP contribution in [0.1, 0.15) is 110 Å². The van der Waals surface area contributed by atoms with Gasteiger partial charge in [0.05, 0.1) is 79.3 Å². The van der Waals surface area contributed by atoms with Crippen molar-refractivity contribution in [2.24, 2.45) is 0 Å². The normalized spacial score (nSPS) is 11.5. The third-order valence-electron chi connectivity index (χ3n) is 7.02. The number of ether oxygens (including phenoxy) is 7. The van der Waals surface area contributed by atoms with Crippen LogP contribution in [-0.2, 0) is 38.0 Å². The van der Waals surface area contributed by atoms with Crippen LogP contribution in [0.4, 0.5) is 0 Å². The smallest absolute Gasteiger partial charge is 0.305 e. The maximum atomic E-state index is 11.8. The van der Waals surface area contributed by atoms with Crippen molar-refractivity contribution < 1.29 is 38.0 Å². The van der Waals surface area contributed by atoms with Crippen molar-refractivity contribution in [3.8, 4) is 0 Å². The lowest BCUT2D eigenvalue weighted by Gasteiger charge is -2.10. The number of likely N-dealkylation sites (N-methyl/N-ethyl adjacent to an activating group) is 1. The number of hydrogen-bond acceptors (Lipinski definition) is 9. The summed E-state index contributed by atoms with van der Waals surface area (Å²) in [5.41, 5.74) is 0. The summed E-state index contributed by atoms with van der Waals surface area (Å²) in [6.45, 7) is 9.94. The second-order valence-electron chi connectivity index (χ2n) is 11.4. The maximum Gasteiger partial charge on any atom is 0.305 e. The van der Waals surface area contributed by atoms with Gasteiger partial charge in [-0.25, -0.2) is 0 Å². The summed E-state index contributed by atoms with van der Waals surface area (Å²) in [5, 5.41) is 0. The first-order valence-corrected chi connectivity index (χ1v) is 17.4. The average molecular weight is 620 g/mol. The van der Waals surface area contributed by atoms with E-state index in [2.05, 4.69) is 11.8 Å². The van der Waals surface area contributed by atoms with Crippen molar-refractivity contribution in [2.75, 3.05) is 107 Å². The van der Waals surface area contributed by atoms with Gasteiger partial charge in [0.15, 0.2) is 0 Å². The Morgan fingerprint density at radius 2 is 0.721 bits per heavy atom. The van der Waals surface area contributed by atoms with Crippen LogP contribution in [-0.4, -0.2) is 117 Å². The number of rotatable bonds is 37. The van der Waals surface area contributed by atoms with E-state index >= 15 is 0 Å². The molecule has 9 nitrogen and oxygen atoms in total. The van der Waals surface area contributed by atoms with E-state index in [0.717, 1.165) is 26.0 Å². The Morgan fingerprint density at radius 3 is 1.07 bits per heavy atom. The first-order valence-electron chi connectivity index (χ1n) is 17.4. The van der Waals surface area contributed by atoms with E-state index in [1.807, 2.05) is 14.1 Å². The second kappa shape index (κ2) is 37.4. The van der Waals surface area contributed by atoms with Crippen LogP contribution in [0.3, 0.4) is 0 Å². The summed E-state index contributed by atoms with van der Waals surface area (Å²) in [7, 11) is 4.05. The van der Waals surface area contributed by atoms with Gasteiger partial charge in [0, 0.05) is 13.0 Å². The van der Waals surface area contributed by atoms with Crippen LogP contribution in [0.25, 0.3) is 0 Å². The third kappa shape index (κ3) is 39.2. The zero-order chi connectivity index (χ0) is 31.3. The Hall–Kier alpha value is -0.810. The first-order chi connectivity index (χ1) is 21.2. The number of nitrogens with zero attached hydrogens (tertiary/aromatic N) is 1. The molecule has 9 heteroatoms. The lowest BCUT2D eigenvalue weighted by atomic mass is 10.0. The van der Waals surface area contributed by atoms with E-state index in [-0.39, 0.29) is 5.97 Å². The fraction of sp³-hybridized carbons (Fsp3) is 0.971. The Bertz CT molecular complexity index is 539. The first kappa shape index (κ1) is 42.2. The molecule has 258 valence electrons. The number of esters is 1. The summed E-state index contributed by atoms with van der Waals surface area (Å²) in [5.74, 6) is -0.121. The summed E-state index contributed by atoms with van der Waals surface area (Å²) in [6, 6.07) is 0. The predicted octanol–water partition coefficient (Wildman–Crippen LogP) is 6.45. The Balaban J connectivity index is 3.14. The molecule has 0 aliphatic carbocycles. The molecule has 0 rings (SSSR count). The van der Waals surface area contributed by atoms with Crippen LogP contribution < -0.4 is 0 Å². The number of carbonyl (C=O) groups is 1. The minimum atomic E-state index is -0.121. The zero-order valence-corrected chi connectivity index (χ0v) is 28.4. The van der Waals surface area contributed by atoms with Crippen molar-refractivity contribution in [2.45, 2.75) is 110 Å². The molecule has 0 aliphatic heterocycles. The molecular weight excluding hydrogens is 550 g/mol. The average Bonchev–Trinajstić information content (AvgIpc) is 2.99. The summed E-state index contributed by atoms with van der Waals surface area (Å²) >= 11 is 0. The van der Waals surface area contributed by atoms with Crippen molar-refractivity contribution in [3.63, 3.8) is 0 Å². The van der Waals surface area contributed by atoms with Gasteiger partial charge >= 0.3 is 5.97 Å². The molecule has 0 aromatic heterocycles. The highest BCUT2D eigenvalue weighted by Crippen LogP contribution is 2.13. The minimum absolute atomic E-state index is 0.121. The third-order valence-corrected chi connectivity index (χ3v) is 7.02. The topological polar surface area (TPSA) is 84.9 Å². The van der Waals surface area contributed by atoms with Gasteiger partial charge in [0.1, 0.15) is 6.61 Å². The lowest BCUT2D eigenvalue weighted by Crippen LogP contribution is -2.19. The molecule has 0 aromatic carbocycles. The standard InChI is InChI=1S/C34H69NO8/c1-4-5-6-7-8-9-10-11-12-13-14-15-16-17-18-19-34(36)43-33-32-42-31-30-41-29-28-40-27-26-39-25-24-38-23-22-37-21-20-35(2)3/h4-33H2,1-3H3. The van der Waals surface area contributed by atoms with Crippen LogP contribution in [0, 0.1) is 0 Å². The molecule has 0 saturated carbocycles. The van der Waals surface area contributed by atoms with Gasteiger partial charge in [0.25, 0.3) is 0 Å². The second-order valence-corrected chi connectivity index (χ2v) is 11.4. The number of hydrogen-bond donors (Lipinski definition) is 0. The molecule has 43 heavy (non-hydrogen) atoms. The molecular formula is C34H69NO8. The molecule has 0 saturated heterocycles. The Morgan fingerprint density at radius 1 is 0.419 bits per heavy atom. The fourth-order valence-electron chi connectivity index (χ4n) is 4.38. The van der Waals surface area contributed by atoms with E-state index in [4.69, 9.17) is 33.2 Å².